The van der Waals surface area contributed by atoms with Gasteiger partial charge in [-0.05, 0) is 19.1 Å². The van der Waals surface area contributed by atoms with Crippen LogP contribution in [0, 0.1) is 0 Å². The lowest BCUT2D eigenvalue weighted by molar-refractivity contribution is -0.120. The van der Waals surface area contributed by atoms with Crippen molar-refractivity contribution in [2.45, 2.75) is 30.9 Å². The minimum absolute atomic E-state index is 0.172. The third kappa shape index (κ3) is 2.40. The van der Waals surface area contributed by atoms with Gasteiger partial charge in [0.1, 0.15) is 0 Å². The Balaban J connectivity index is 2.16. The monoisotopic (exact) mass is 173 g/mol. The molecule has 2 nitrogen and oxygen atoms in total. The number of hydrogen-bond donors (Lipinski definition) is 1. The average Bonchev–Trinajstić information content (AvgIpc) is 2.81. The van der Waals surface area contributed by atoms with Crippen molar-refractivity contribution in [3.8, 4) is 0 Å². The van der Waals surface area contributed by atoms with Gasteiger partial charge in [0.15, 0.2) is 0 Å². The highest BCUT2D eigenvalue weighted by Crippen LogP contribution is 2.46. The van der Waals surface area contributed by atoms with E-state index in [1.807, 2.05) is 18.7 Å². The Morgan fingerprint density at radius 3 is 2.64 bits per heavy atom. The maximum Gasteiger partial charge on any atom is 0.219 e. The van der Waals surface area contributed by atoms with E-state index in [1.54, 1.807) is 0 Å². The van der Waals surface area contributed by atoms with Crippen LogP contribution < -0.4 is 5.32 Å². The molecule has 1 rings (SSSR count). The topological polar surface area (TPSA) is 29.1 Å². The van der Waals surface area contributed by atoms with Gasteiger partial charge in [0.2, 0.25) is 5.91 Å². The summed E-state index contributed by atoms with van der Waals surface area (Å²) in [6.07, 6.45) is 5.24. The van der Waals surface area contributed by atoms with Crippen LogP contribution in [0.3, 0.4) is 0 Å². The van der Waals surface area contributed by atoms with E-state index in [9.17, 15) is 4.79 Å². The SMILES string of the molecule is CCC(=O)NCC1(SC)CC1. The van der Waals surface area contributed by atoms with Gasteiger partial charge in [0, 0.05) is 17.7 Å². The van der Waals surface area contributed by atoms with Crippen LogP contribution in [0.1, 0.15) is 26.2 Å². The summed E-state index contributed by atoms with van der Waals surface area (Å²) in [4.78, 5) is 10.9. The fourth-order valence-corrected chi connectivity index (χ4v) is 1.70. The molecule has 1 amide bonds. The van der Waals surface area contributed by atoms with E-state index in [-0.39, 0.29) is 5.91 Å². The van der Waals surface area contributed by atoms with Crippen LogP contribution in [0.15, 0.2) is 0 Å². The number of carbonyl (C=O) groups is 1. The van der Waals surface area contributed by atoms with E-state index in [2.05, 4.69) is 11.6 Å². The molecule has 11 heavy (non-hydrogen) atoms. The van der Waals surface area contributed by atoms with Crippen LogP contribution in [-0.4, -0.2) is 23.5 Å². The van der Waals surface area contributed by atoms with Crippen molar-refractivity contribution in [2.75, 3.05) is 12.8 Å². The van der Waals surface area contributed by atoms with E-state index in [4.69, 9.17) is 0 Å². The van der Waals surface area contributed by atoms with Gasteiger partial charge < -0.3 is 5.32 Å². The molecule has 0 unspecified atom stereocenters. The van der Waals surface area contributed by atoms with Gasteiger partial charge in [-0.15, -0.1) is 0 Å². The second kappa shape index (κ2) is 3.48. The van der Waals surface area contributed by atoms with E-state index in [1.165, 1.54) is 12.8 Å². The molecule has 0 radical (unpaired) electrons. The van der Waals surface area contributed by atoms with E-state index < -0.39 is 0 Å². The molecule has 0 aromatic carbocycles. The lowest BCUT2D eigenvalue weighted by Gasteiger charge is -2.11. The van der Waals surface area contributed by atoms with Gasteiger partial charge >= 0.3 is 0 Å². The standard InChI is InChI=1S/C8H15NOS/c1-3-7(10)9-6-8(11-2)4-5-8/h3-6H2,1-2H3,(H,9,10). The maximum absolute atomic E-state index is 10.9. The Labute approximate surface area is 72.1 Å². The number of carbonyl (C=O) groups excluding carboxylic acids is 1. The molecule has 1 aliphatic carbocycles. The van der Waals surface area contributed by atoms with Crippen LogP contribution in [0.25, 0.3) is 0 Å². The first-order valence-electron chi connectivity index (χ1n) is 4.04. The molecule has 0 saturated heterocycles. The Morgan fingerprint density at radius 2 is 2.27 bits per heavy atom. The lowest BCUT2D eigenvalue weighted by Crippen LogP contribution is -2.30. The fraction of sp³-hybridized carbons (Fsp3) is 0.875. The largest absolute Gasteiger partial charge is 0.355 e. The minimum atomic E-state index is 0.172. The Bertz CT molecular complexity index is 154. The predicted octanol–water partition coefficient (Wildman–Crippen LogP) is 1.41. The van der Waals surface area contributed by atoms with Crippen molar-refractivity contribution in [3.05, 3.63) is 0 Å². The average molecular weight is 173 g/mol. The summed E-state index contributed by atoms with van der Waals surface area (Å²) < 4.78 is 0.408. The van der Waals surface area contributed by atoms with Crippen molar-refractivity contribution in [1.29, 1.82) is 0 Å². The summed E-state index contributed by atoms with van der Waals surface area (Å²) in [5, 5.41) is 2.93. The first-order valence-corrected chi connectivity index (χ1v) is 5.27. The molecule has 1 saturated carbocycles. The summed E-state index contributed by atoms with van der Waals surface area (Å²) in [7, 11) is 0. The molecular weight excluding hydrogens is 158 g/mol. The van der Waals surface area contributed by atoms with Crippen molar-refractivity contribution < 1.29 is 4.79 Å². The van der Waals surface area contributed by atoms with Gasteiger partial charge in [-0.2, -0.15) is 11.8 Å². The molecule has 0 atom stereocenters. The summed E-state index contributed by atoms with van der Waals surface area (Å²) in [5.41, 5.74) is 0. The van der Waals surface area contributed by atoms with E-state index in [0.717, 1.165) is 6.54 Å². The molecule has 0 bridgehead atoms. The number of nitrogens with one attached hydrogen (secondary N) is 1. The molecule has 64 valence electrons. The van der Waals surface area contributed by atoms with Crippen LogP contribution in [0.5, 0.6) is 0 Å². The second-order valence-corrected chi connectivity index (χ2v) is 4.29. The number of hydrogen-bond acceptors (Lipinski definition) is 2. The van der Waals surface area contributed by atoms with Crippen molar-refractivity contribution >= 4 is 17.7 Å². The van der Waals surface area contributed by atoms with E-state index in [0.29, 0.717) is 11.2 Å². The van der Waals surface area contributed by atoms with Gasteiger partial charge in [-0.3, -0.25) is 4.79 Å². The molecule has 1 fully saturated rings. The zero-order chi connectivity index (χ0) is 8.32. The minimum Gasteiger partial charge on any atom is -0.355 e. The fourth-order valence-electron chi connectivity index (χ4n) is 0.977. The second-order valence-electron chi connectivity index (χ2n) is 3.02. The van der Waals surface area contributed by atoms with E-state index >= 15 is 0 Å². The normalized spacial score (nSPS) is 19.5. The summed E-state index contributed by atoms with van der Waals surface area (Å²) in [6, 6.07) is 0. The van der Waals surface area contributed by atoms with Crippen molar-refractivity contribution in [1.82, 2.24) is 5.32 Å². The highest BCUT2D eigenvalue weighted by molar-refractivity contribution is 8.00. The van der Waals surface area contributed by atoms with Crippen molar-refractivity contribution in [2.24, 2.45) is 0 Å². The summed E-state index contributed by atoms with van der Waals surface area (Å²) >= 11 is 1.88. The zero-order valence-corrected chi connectivity index (χ0v) is 7.96. The quantitative estimate of drug-likeness (QED) is 0.696. The van der Waals surface area contributed by atoms with Crippen LogP contribution in [-0.2, 0) is 4.79 Å². The Kier molecular flexibility index (Phi) is 2.82. The smallest absolute Gasteiger partial charge is 0.219 e. The van der Waals surface area contributed by atoms with Gasteiger partial charge in [-0.1, -0.05) is 6.92 Å². The highest BCUT2D eigenvalue weighted by atomic mass is 32.2. The molecule has 0 heterocycles. The molecule has 0 aromatic rings. The zero-order valence-electron chi connectivity index (χ0n) is 7.14. The third-order valence-corrected chi connectivity index (χ3v) is 3.59. The molecular formula is C8H15NOS. The third-order valence-electron chi connectivity index (χ3n) is 2.17. The Hall–Kier alpha value is -0.180. The molecule has 0 aromatic heterocycles. The van der Waals surface area contributed by atoms with Gasteiger partial charge in [0.05, 0.1) is 0 Å². The molecule has 1 N–H and O–H groups in total. The van der Waals surface area contributed by atoms with Crippen molar-refractivity contribution in [3.63, 3.8) is 0 Å². The first kappa shape index (κ1) is 8.91. The first-order chi connectivity index (χ1) is 5.22. The number of thioether (sulfide) groups is 1. The summed E-state index contributed by atoms with van der Waals surface area (Å²) in [6.45, 7) is 2.74. The highest BCUT2D eigenvalue weighted by Gasteiger charge is 2.41. The molecule has 0 spiro atoms. The van der Waals surface area contributed by atoms with Gasteiger partial charge in [-0.25, -0.2) is 0 Å². The molecule has 1 aliphatic rings. The Morgan fingerprint density at radius 1 is 1.64 bits per heavy atom. The lowest BCUT2D eigenvalue weighted by atomic mass is 10.4. The molecule has 0 aliphatic heterocycles. The molecule has 3 heteroatoms. The van der Waals surface area contributed by atoms with Crippen LogP contribution >= 0.6 is 11.8 Å². The van der Waals surface area contributed by atoms with Crippen LogP contribution in [0.4, 0.5) is 0 Å². The number of amides is 1. The predicted molar refractivity (Wildman–Crippen MR) is 48.8 cm³/mol. The number of rotatable bonds is 4. The van der Waals surface area contributed by atoms with Crippen LogP contribution in [0.2, 0.25) is 0 Å². The maximum atomic E-state index is 10.9. The van der Waals surface area contributed by atoms with Gasteiger partial charge in [0.25, 0.3) is 0 Å². The summed E-state index contributed by atoms with van der Waals surface area (Å²) in [5.74, 6) is 0.172.